The molecule has 2 fully saturated rings. The summed E-state index contributed by atoms with van der Waals surface area (Å²) < 4.78 is 64.1. The molecule has 1 aromatic heterocycles. The number of aromatic nitrogens is 1. The lowest BCUT2D eigenvalue weighted by Gasteiger charge is -2.31. The van der Waals surface area contributed by atoms with Crippen LogP contribution in [-0.4, -0.2) is 65.8 Å². The zero-order chi connectivity index (χ0) is 35.7. The summed E-state index contributed by atoms with van der Waals surface area (Å²) in [5.74, 6) is -0.356. The fraction of sp³-hybridized carbons (Fsp3) is 0.425. The number of alkyl halides is 3. The topological polar surface area (TPSA) is 66.8 Å². The smallest absolute Gasteiger partial charge is 0.393 e. The molecule has 1 atom stereocenters. The Hall–Kier alpha value is -4.31. The standard InChI is InChI=1S/C40H46F4N4O2/c1-27(2)46-39(41)34-23-30(18-17-28(34)3)38(35(24-40(42,43)44)29-11-5-4-6-12-29)31-19-20-37(45-25-31)50-33-15-9-21-48(26-33)22-10-16-36(49)47-32-13-7-8-14-32/h4-6,10-12,16-20,23,25,27,32-33H,7-9,13-15,21-22,24,26H2,1-3H3,(H,47,49)/b16-10+,38-35-,46-39?. The number of allylic oxidation sites excluding steroid dienone is 1. The molecular weight excluding hydrogens is 644 g/mol. The number of halogens is 4. The van der Waals surface area contributed by atoms with Crippen LogP contribution in [-0.2, 0) is 4.79 Å². The molecule has 6 nitrogen and oxygen atoms in total. The number of nitrogens with one attached hydrogen (secondary N) is 1. The molecule has 266 valence electrons. The van der Waals surface area contributed by atoms with Gasteiger partial charge in [0.2, 0.25) is 17.8 Å². The Morgan fingerprint density at radius 1 is 1.02 bits per heavy atom. The number of benzene rings is 2. The van der Waals surface area contributed by atoms with Crippen molar-refractivity contribution in [1.29, 1.82) is 0 Å². The van der Waals surface area contributed by atoms with Gasteiger partial charge in [0, 0.05) is 54.6 Å². The lowest BCUT2D eigenvalue weighted by Crippen LogP contribution is -2.41. The van der Waals surface area contributed by atoms with Crippen molar-refractivity contribution < 1.29 is 27.1 Å². The Balaban J connectivity index is 1.39. The number of rotatable bonds is 12. The Kier molecular flexibility index (Phi) is 12.6. The van der Waals surface area contributed by atoms with Crippen LogP contribution >= 0.6 is 0 Å². The highest BCUT2D eigenvalue weighted by Gasteiger charge is 2.32. The number of piperidine rings is 1. The largest absolute Gasteiger partial charge is 0.473 e. The molecule has 50 heavy (non-hydrogen) atoms. The van der Waals surface area contributed by atoms with E-state index in [4.69, 9.17) is 4.74 Å². The summed E-state index contributed by atoms with van der Waals surface area (Å²) in [4.78, 5) is 23.1. The maximum absolute atomic E-state index is 15.3. The monoisotopic (exact) mass is 690 g/mol. The summed E-state index contributed by atoms with van der Waals surface area (Å²) in [5.41, 5.74) is 2.49. The highest BCUT2D eigenvalue weighted by Crippen LogP contribution is 2.40. The minimum absolute atomic E-state index is 0.0532. The van der Waals surface area contributed by atoms with Crippen molar-refractivity contribution >= 4 is 23.0 Å². The van der Waals surface area contributed by atoms with Crippen LogP contribution in [0.5, 0.6) is 5.88 Å². The second-order valence-electron chi connectivity index (χ2n) is 13.5. The molecule has 10 heteroatoms. The van der Waals surface area contributed by atoms with Gasteiger partial charge in [0.25, 0.3) is 0 Å². The highest BCUT2D eigenvalue weighted by atomic mass is 19.4. The summed E-state index contributed by atoms with van der Waals surface area (Å²) in [6.45, 7) is 7.43. The van der Waals surface area contributed by atoms with Gasteiger partial charge in [-0.1, -0.05) is 61.4 Å². The molecule has 2 aliphatic rings. The summed E-state index contributed by atoms with van der Waals surface area (Å²) in [7, 11) is 0. The van der Waals surface area contributed by atoms with Crippen LogP contribution in [0.2, 0.25) is 0 Å². The van der Waals surface area contributed by atoms with Gasteiger partial charge < -0.3 is 10.1 Å². The molecule has 5 rings (SSSR count). The van der Waals surface area contributed by atoms with Gasteiger partial charge >= 0.3 is 6.18 Å². The summed E-state index contributed by atoms with van der Waals surface area (Å²) >= 11 is 0. The molecule has 0 spiro atoms. The molecule has 2 aromatic carbocycles. The Bertz CT molecular complexity index is 1680. The van der Waals surface area contributed by atoms with E-state index in [0.717, 1.165) is 45.1 Å². The molecular formula is C40H46F4N4O2. The Labute approximate surface area is 292 Å². The van der Waals surface area contributed by atoms with Crippen molar-refractivity contribution in [2.75, 3.05) is 19.6 Å². The van der Waals surface area contributed by atoms with E-state index in [-0.39, 0.29) is 35.2 Å². The number of pyridine rings is 1. The average Bonchev–Trinajstić information content (AvgIpc) is 3.58. The van der Waals surface area contributed by atoms with Crippen LogP contribution in [0.3, 0.4) is 0 Å². The average molecular weight is 691 g/mol. The highest BCUT2D eigenvalue weighted by molar-refractivity contribution is 6.01. The zero-order valence-corrected chi connectivity index (χ0v) is 29.0. The van der Waals surface area contributed by atoms with E-state index >= 15 is 4.39 Å². The lowest BCUT2D eigenvalue weighted by molar-refractivity contribution is -0.123. The van der Waals surface area contributed by atoms with Crippen molar-refractivity contribution in [1.82, 2.24) is 15.2 Å². The number of nitrogens with zero attached hydrogens (tertiary/aromatic N) is 3. The number of ether oxygens (including phenoxy) is 1. The quantitative estimate of drug-likeness (QED) is 0.0893. The Morgan fingerprint density at radius 2 is 1.76 bits per heavy atom. The second kappa shape index (κ2) is 17.1. The van der Waals surface area contributed by atoms with E-state index in [1.165, 1.54) is 6.20 Å². The van der Waals surface area contributed by atoms with E-state index in [1.54, 1.807) is 87.5 Å². The summed E-state index contributed by atoms with van der Waals surface area (Å²) in [5, 5.41) is 3.07. The number of aryl methyl sites for hydroxylation is 1. The van der Waals surface area contributed by atoms with Crippen LogP contribution in [0.1, 0.15) is 86.6 Å². The molecule has 0 bridgehead atoms. The normalized spacial score (nSPS) is 18.5. The first kappa shape index (κ1) is 37.0. The summed E-state index contributed by atoms with van der Waals surface area (Å²) in [6.07, 6.45) is 5.34. The van der Waals surface area contributed by atoms with E-state index in [0.29, 0.717) is 46.8 Å². The molecule has 1 saturated carbocycles. The third-order valence-electron chi connectivity index (χ3n) is 9.03. The molecule has 1 amide bonds. The van der Waals surface area contributed by atoms with Gasteiger partial charge in [0.05, 0.1) is 6.42 Å². The maximum Gasteiger partial charge on any atom is 0.393 e. The fourth-order valence-corrected chi connectivity index (χ4v) is 6.66. The van der Waals surface area contributed by atoms with Crippen molar-refractivity contribution in [2.24, 2.45) is 4.99 Å². The fourth-order valence-electron chi connectivity index (χ4n) is 6.66. The summed E-state index contributed by atoms with van der Waals surface area (Å²) in [6, 6.07) is 16.8. The van der Waals surface area contributed by atoms with Gasteiger partial charge in [-0.3, -0.25) is 14.7 Å². The van der Waals surface area contributed by atoms with Crippen molar-refractivity contribution in [3.8, 4) is 5.88 Å². The predicted molar refractivity (Wildman–Crippen MR) is 191 cm³/mol. The molecule has 1 N–H and O–H groups in total. The number of amides is 1. The van der Waals surface area contributed by atoms with Crippen LogP contribution in [0.15, 0.2) is 84.0 Å². The van der Waals surface area contributed by atoms with E-state index in [1.807, 2.05) is 6.08 Å². The van der Waals surface area contributed by atoms with Gasteiger partial charge in [-0.05, 0) is 93.0 Å². The number of hydrogen-bond acceptors (Lipinski definition) is 5. The maximum atomic E-state index is 15.3. The van der Waals surface area contributed by atoms with Crippen LogP contribution in [0.25, 0.3) is 11.1 Å². The van der Waals surface area contributed by atoms with Gasteiger partial charge in [-0.15, -0.1) is 0 Å². The molecule has 2 heterocycles. The van der Waals surface area contributed by atoms with Gasteiger partial charge in [-0.2, -0.15) is 17.6 Å². The van der Waals surface area contributed by atoms with Gasteiger partial charge in [0.15, 0.2) is 0 Å². The van der Waals surface area contributed by atoms with Crippen LogP contribution in [0.4, 0.5) is 17.6 Å². The minimum atomic E-state index is -4.51. The third kappa shape index (κ3) is 10.6. The first-order valence-electron chi connectivity index (χ1n) is 17.5. The second-order valence-corrected chi connectivity index (χ2v) is 13.5. The van der Waals surface area contributed by atoms with E-state index in [9.17, 15) is 18.0 Å². The third-order valence-corrected chi connectivity index (χ3v) is 9.03. The van der Waals surface area contributed by atoms with Crippen molar-refractivity contribution in [2.45, 2.75) is 90.1 Å². The molecule has 1 saturated heterocycles. The van der Waals surface area contributed by atoms with Crippen molar-refractivity contribution in [3.05, 3.63) is 107 Å². The molecule has 1 aliphatic heterocycles. The molecule has 0 radical (unpaired) electrons. The first-order valence-corrected chi connectivity index (χ1v) is 17.5. The minimum Gasteiger partial charge on any atom is -0.473 e. The Morgan fingerprint density at radius 3 is 2.44 bits per heavy atom. The number of likely N-dealkylation sites (tertiary alicyclic amines) is 1. The van der Waals surface area contributed by atoms with Crippen LogP contribution in [0, 0.1) is 6.92 Å². The van der Waals surface area contributed by atoms with Crippen LogP contribution < -0.4 is 10.1 Å². The van der Waals surface area contributed by atoms with Gasteiger partial charge in [0.1, 0.15) is 6.10 Å². The zero-order valence-electron chi connectivity index (χ0n) is 29.0. The lowest BCUT2D eigenvalue weighted by atomic mass is 9.87. The van der Waals surface area contributed by atoms with Crippen molar-refractivity contribution in [3.63, 3.8) is 0 Å². The number of carbonyl (C=O) groups excluding carboxylic acids is 1. The first-order chi connectivity index (χ1) is 23.9. The number of carbonyl (C=O) groups is 1. The molecule has 1 aliphatic carbocycles. The number of hydrogen-bond donors (Lipinski definition) is 1. The predicted octanol–water partition coefficient (Wildman–Crippen LogP) is 8.88. The SMILES string of the molecule is Cc1ccc(/C(=C(\CC(F)(F)F)c2ccccc2)c2ccc(OC3CCCN(C/C=C/C(=O)NC4CCCC4)C3)nc2)cc1C(F)=NC(C)C. The van der Waals surface area contributed by atoms with E-state index in [2.05, 4.69) is 20.2 Å². The van der Waals surface area contributed by atoms with E-state index < -0.39 is 18.6 Å². The molecule has 1 unspecified atom stereocenters. The molecule has 3 aromatic rings. The number of aliphatic imine (C=N–C) groups is 1. The van der Waals surface area contributed by atoms with Gasteiger partial charge in [-0.25, -0.2) is 4.98 Å².